The number of aromatic nitrogens is 2. The van der Waals surface area contributed by atoms with E-state index in [0.717, 1.165) is 43.4 Å². The van der Waals surface area contributed by atoms with Crippen molar-refractivity contribution in [1.29, 1.82) is 0 Å². The van der Waals surface area contributed by atoms with Crippen molar-refractivity contribution in [1.82, 2.24) is 14.5 Å². The second-order valence-corrected chi connectivity index (χ2v) is 5.54. The minimum Gasteiger partial charge on any atom is -0.467 e. The van der Waals surface area contributed by atoms with Crippen LogP contribution in [0.25, 0.3) is 11.0 Å². The summed E-state index contributed by atoms with van der Waals surface area (Å²) in [5.74, 6) is 1.81. The summed E-state index contributed by atoms with van der Waals surface area (Å²) >= 11 is 0. The number of hydrogen-bond acceptors (Lipinski definition) is 4. The second kappa shape index (κ2) is 7.33. The van der Waals surface area contributed by atoms with Crippen LogP contribution in [0.1, 0.15) is 19.6 Å². The number of para-hydroxylation sites is 2. The van der Waals surface area contributed by atoms with Crippen molar-refractivity contribution >= 4 is 17.0 Å². The van der Waals surface area contributed by atoms with Gasteiger partial charge >= 0.3 is 0 Å². The standard InChI is InChI=1S/C18H24N4O/c1-3-21(4-2)11-12-22-17-10-6-5-9-16(17)20-18(22)19-14-15-8-7-13-23-15/h5-10,13H,3-4,11-12,14H2,1-2H3,(H,19,20). The molecule has 2 aromatic heterocycles. The number of benzene rings is 1. The number of nitrogens with one attached hydrogen (secondary N) is 1. The highest BCUT2D eigenvalue weighted by Gasteiger charge is 2.11. The molecule has 3 aromatic rings. The number of furan rings is 1. The first kappa shape index (κ1) is 15.6. The van der Waals surface area contributed by atoms with Gasteiger partial charge in [-0.3, -0.25) is 0 Å². The molecule has 0 fully saturated rings. The fraction of sp³-hybridized carbons (Fsp3) is 0.389. The first-order valence-electron chi connectivity index (χ1n) is 8.25. The predicted octanol–water partition coefficient (Wildman–Crippen LogP) is 3.58. The highest BCUT2D eigenvalue weighted by Crippen LogP contribution is 2.20. The van der Waals surface area contributed by atoms with Crippen molar-refractivity contribution in [2.24, 2.45) is 0 Å². The molecule has 0 radical (unpaired) electrons. The summed E-state index contributed by atoms with van der Waals surface area (Å²) in [5.41, 5.74) is 2.19. The van der Waals surface area contributed by atoms with Gasteiger partial charge in [-0.2, -0.15) is 0 Å². The molecule has 0 saturated heterocycles. The highest BCUT2D eigenvalue weighted by molar-refractivity contribution is 5.78. The summed E-state index contributed by atoms with van der Waals surface area (Å²) in [7, 11) is 0. The van der Waals surface area contributed by atoms with Gasteiger partial charge in [0.05, 0.1) is 23.8 Å². The Kier molecular flexibility index (Phi) is 4.98. The van der Waals surface area contributed by atoms with Crippen LogP contribution in [0.3, 0.4) is 0 Å². The van der Waals surface area contributed by atoms with Gasteiger partial charge < -0.3 is 19.2 Å². The molecular weight excluding hydrogens is 288 g/mol. The summed E-state index contributed by atoms with van der Waals surface area (Å²) in [6.45, 7) is 9.11. The number of hydrogen-bond donors (Lipinski definition) is 1. The van der Waals surface area contributed by atoms with E-state index in [1.54, 1.807) is 6.26 Å². The van der Waals surface area contributed by atoms with E-state index in [9.17, 15) is 0 Å². The van der Waals surface area contributed by atoms with Crippen LogP contribution in [0.4, 0.5) is 5.95 Å². The largest absolute Gasteiger partial charge is 0.467 e. The number of anilines is 1. The van der Waals surface area contributed by atoms with Crippen LogP contribution in [0.15, 0.2) is 47.1 Å². The van der Waals surface area contributed by atoms with Gasteiger partial charge in [0.1, 0.15) is 5.76 Å². The summed E-state index contributed by atoms with van der Waals surface area (Å²) in [6.07, 6.45) is 1.69. The summed E-state index contributed by atoms with van der Waals surface area (Å²) in [4.78, 5) is 7.16. The maximum atomic E-state index is 5.39. The van der Waals surface area contributed by atoms with Gasteiger partial charge in [0, 0.05) is 13.1 Å². The Balaban J connectivity index is 1.82. The number of imidazole rings is 1. The molecule has 0 unspecified atom stereocenters. The van der Waals surface area contributed by atoms with Gasteiger partial charge in [0.2, 0.25) is 5.95 Å². The molecule has 5 nitrogen and oxygen atoms in total. The first-order valence-corrected chi connectivity index (χ1v) is 8.25. The predicted molar refractivity (Wildman–Crippen MR) is 93.6 cm³/mol. The average molecular weight is 312 g/mol. The molecule has 23 heavy (non-hydrogen) atoms. The van der Waals surface area contributed by atoms with E-state index in [4.69, 9.17) is 9.40 Å². The molecule has 1 aromatic carbocycles. The minimum absolute atomic E-state index is 0.640. The SMILES string of the molecule is CCN(CC)CCn1c(NCc2ccco2)nc2ccccc21. The molecule has 0 aliphatic carbocycles. The topological polar surface area (TPSA) is 46.2 Å². The fourth-order valence-electron chi connectivity index (χ4n) is 2.80. The second-order valence-electron chi connectivity index (χ2n) is 5.54. The summed E-state index contributed by atoms with van der Waals surface area (Å²) < 4.78 is 7.65. The molecule has 0 spiro atoms. The lowest BCUT2D eigenvalue weighted by Gasteiger charge is -2.19. The zero-order valence-corrected chi connectivity index (χ0v) is 13.8. The monoisotopic (exact) mass is 312 g/mol. The molecule has 1 N–H and O–H groups in total. The number of rotatable bonds is 8. The van der Waals surface area contributed by atoms with Crippen LogP contribution < -0.4 is 5.32 Å². The zero-order valence-electron chi connectivity index (χ0n) is 13.8. The van der Waals surface area contributed by atoms with Crippen LogP contribution in [0, 0.1) is 0 Å². The quantitative estimate of drug-likeness (QED) is 0.690. The molecule has 122 valence electrons. The average Bonchev–Trinajstić information content (AvgIpc) is 3.21. The van der Waals surface area contributed by atoms with Crippen molar-refractivity contribution in [2.45, 2.75) is 26.9 Å². The molecule has 0 amide bonds. The van der Waals surface area contributed by atoms with Gasteiger partial charge in [-0.25, -0.2) is 4.98 Å². The van der Waals surface area contributed by atoms with Gasteiger partial charge in [-0.1, -0.05) is 26.0 Å². The van der Waals surface area contributed by atoms with Crippen molar-refractivity contribution in [2.75, 3.05) is 25.0 Å². The Labute approximate surface area is 136 Å². The lowest BCUT2D eigenvalue weighted by Crippen LogP contribution is -2.27. The van der Waals surface area contributed by atoms with Crippen LogP contribution in [0.2, 0.25) is 0 Å². The van der Waals surface area contributed by atoms with Crippen molar-refractivity contribution in [3.8, 4) is 0 Å². The summed E-state index contributed by atoms with van der Waals surface area (Å²) in [6, 6.07) is 12.1. The third-order valence-electron chi connectivity index (χ3n) is 4.19. The first-order chi connectivity index (χ1) is 11.3. The van der Waals surface area contributed by atoms with E-state index in [2.05, 4.69) is 46.8 Å². The molecule has 0 bridgehead atoms. The van der Waals surface area contributed by atoms with Crippen molar-refractivity contribution in [3.63, 3.8) is 0 Å². The number of fused-ring (bicyclic) bond motifs is 1. The van der Waals surface area contributed by atoms with E-state index in [1.807, 2.05) is 18.2 Å². The van der Waals surface area contributed by atoms with Crippen LogP contribution in [-0.4, -0.2) is 34.1 Å². The fourth-order valence-corrected chi connectivity index (χ4v) is 2.80. The van der Waals surface area contributed by atoms with Gasteiger partial charge in [0.25, 0.3) is 0 Å². The molecule has 2 heterocycles. The van der Waals surface area contributed by atoms with E-state index in [-0.39, 0.29) is 0 Å². The molecule has 3 rings (SSSR count). The summed E-state index contributed by atoms with van der Waals surface area (Å²) in [5, 5.41) is 3.40. The molecule has 0 atom stereocenters. The van der Waals surface area contributed by atoms with E-state index < -0.39 is 0 Å². The maximum Gasteiger partial charge on any atom is 0.204 e. The van der Waals surface area contributed by atoms with Gasteiger partial charge in [-0.05, 0) is 37.4 Å². The number of likely N-dealkylation sites (N-methyl/N-ethyl adjacent to an activating group) is 1. The van der Waals surface area contributed by atoms with Crippen LogP contribution >= 0.6 is 0 Å². The number of nitrogens with zero attached hydrogens (tertiary/aromatic N) is 3. The highest BCUT2D eigenvalue weighted by atomic mass is 16.3. The molecule has 5 heteroatoms. The normalized spacial score (nSPS) is 11.4. The molecule has 0 aliphatic rings. The van der Waals surface area contributed by atoms with E-state index >= 15 is 0 Å². The minimum atomic E-state index is 0.640. The Hall–Kier alpha value is -2.27. The molecule has 0 aliphatic heterocycles. The Morgan fingerprint density at radius 2 is 1.96 bits per heavy atom. The van der Waals surface area contributed by atoms with Crippen molar-refractivity contribution in [3.05, 3.63) is 48.4 Å². The third kappa shape index (κ3) is 3.56. The van der Waals surface area contributed by atoms with Crippen LogP contribution in [-0.2, 0) is 13.1 Å². The van der Waals surface area contributed by atoms with Crippen LogP contribution in [0.5, 0.6) is 0 Å². The third-order valence-corrected chi connectivity index (χ3v) is 4.19. The van der Waals surface area contributed by atoms with E-state index in [1.165, 1.54) is 5.52 Å². The molecular formula is C18H24N4O. The Bertz CT molecular complexity index is 729. The molecule has 0 saturated carbocycles. The lowest BCUT2D eigenvalue weighted by atomic mass is 10.3. The van der Waals surface area contributed by atoms with Gasteiger partial charge in [-0.15, -0.1) is 0 Å². The lowest BCUT2D eigenvalue weighted by molar-refractivity contribution is 0.292. The Morgan fingerprint density at radius 3 is 2.70 bits per heavy atom. The van der Waals surface area contributed by atoms with Crippen molar-refractivity contribution < 1.29 is 4.42 Å². The van der Waals surface area contributed by atoms with Gasteiger partial charge in [0.15, 0.2) is 0 Å². The van der Waals surface area contributed by atoms with E-state index in [0.29, 0.717) is 6.54 Å². The zero-order chi connectivity index (χ0) is 16.1. The maximum absolute atomic E-state index is 5.39. The smallest absolute Gasteiger partial charge is 0.204 e. The Morgan fingerprint density at radius 1 is 1.13 bits per heavy atom.